The van der Waals surface area contributed by atoms with Gasteiger partial charge >= 0.3 is 5.97 Å². The van der Waals surface area contributed by atoms with Crippen LogP contribution in [-0.4, -0.2) is 26.9 Å². The van der Waals surface area contributed by atoms with Crippen LogP contribution >= 0.6 is 0 Å². The van der Waals surface area contributed by atoms with Crippen LogP contribution in [0, 0.1) is 0 Å². The number of benzene rings is 1. The van der Waals surface area contributed by atoms with Crippen LogP contribution in [0.5, 0.6) is 5.75 Å². The lowest BCUT2D eigenvalue weighted by molar-refractivity contribution is -0.252. The first-order valence-corrected chi connectivity index (χ1v) is 9.44. The van der Waals surface area contributed by atoms with E-state index in [2.05, 4.69) is 19.6 Å². The van der Waals surface area contributed by atoms with Crippen LogP contribution in [0.1, 0.15) is 17.3 Å². The molecule has 18 heavy (non-hydrogen) atoms. The average molecular weight is 268 g/mol. The summed E-state index contributed by atoms with van der Waals surface area (Å²) in [5.74, 6) is -0.0516. The van der Waals surface area contributed by atoms with Gasteiger partial charge < -0.3 is 4.74 Å². The van der Waals surface area contributed by atoms with Gasteiger partial charge in [0.05, 0.1) is 20.9 Å². The third-order valence-electron chi connectivity index (χ3n) is 2.81. The van der Waals surface area contributed by atoms with Gasteiger partial charge in [-0.25, -0.2) is 4.79 Å². The molecule has 0 saturated carbocycles. The average Bonchev–Trinajstić information content (AvgIpc) is 2.34. The van der Waals surface area contributed by atoms with Gasteiger partial charge in [0.1, 0.15) is 11.3 Å². The lowest BCUT2D eigenvalue weighted by Gasteiger charge is -2.23. The molecule has 0 aliphatic carbocycles. The summed E-state index contributed by atoms with van der Waals surface area (Å²) in [6, 6.07) is 6.89. The maximum Gasteiger partial charge on any atom is 0.376 e. The first-order chi connectivity index (χ1) is 8.36. The summed E-state index contributed by atoms with van der Waals surface area (Å²) in [6.07, 6.45) is 0. The van der Waals surface area contributed by atoms with Gasteiger partial charge in [-0.3, -0.25) is 4.89 Å². The number of hydrogen-bond donors (Lipinski definition) is 0. The molecule has 1 aromatic rings. The molecule has 4 nitrogen and oxygen atoms in total. The highest BCUT2D eigenvalue weighted by molar-refractivity contribution is 6.77. The molecule has 0 fully saturated rings. The number of methoxy groups -OCH3 is 1. The Hall–Kier alpha value is -1.33. The molecule has 1 atom stereocenters. The van der Waals surface area contributed by atoms with Crippen molar-refractivity contribution in [2.75, 3.05) is 7.11 Å². The lowest BCUT2D eigenvalue weighted by atomic mass is 10.2. The van der Waals surface area contributed by atoms with Crippen molar-refractivity contribution in [3.8, 4) is 5.75 Å². The van der Waals surface area contributed by atoms with E-state index in [4.69, 9.17) is 14.5 Å². The van der Waals surface area contributed by atoms with Gasteiger partial charge in [-0.15, -0.1) is 0 Å². The first-order valence-electron chi connectivity index (χ1n) is 5.87. The predicted molar refractivity (Wildman–Crippen MR) is 72.3 cm³/mol. The Morgan fingerprint density at radius 1 is 1.22 bits per heavy atom. The molecule has 0 spiro atoms. The molecular weight excluding hydrogens is 248 g/mol. The molecule has 1 rings (SSSR count). The summed E-state index contributed by atoms with van der Waals surface area (Å²) in [6.45, 7) is 8.36. The summed E-state index contributed by atoms with van der Waals surface area (Å²) >= 11 is 0. The highest BCUT2D eigenvalue weighted by Crippen LogP contribution is 2.19. The van der Waals surface area contributed by atoms with Crippen LogP contribution in [-0.2, 0) is 9.78 Å². The van der Waals surface area contributed by atoms with Crippen molar-refractivity contribution in [2.24, 2.45) is 0 Å². The predicted octanol–water partition coefficient (Wildman–Crippen LogP) is 3.05. The quantitative estimate of drug-likeness (QED) is 0.468. The number of carbonyl (C=O) groups excluding carboxylic acids is 1. The van der Waals surface area contributed by atoms with E-state index in [1.165, 1.54) is 7.11 Å². The lowest BCUT2D eigenvalue weighted by Crippen LogP contribution is -2.38. The Kier molecular flexibility index (Phi) is 4.92. The number of hydrogen-bond acceptors (Lipinski definition) is 4. The molecule has 0 saturated heterocycles. The standard InChI is InChI=1S/C13H20O4Si/c1-10(18(3,4)5)16-17-13(14)11-8-6-7-9-12(11)15-2/h6-10H,1-5H3. The van der Waals surface area contributed by atoms with Crippen molar-refractivity contribution in [1.29, 1.82) is 0 Å². The molecule has 0 heterocycles. The molecule has 0 aliphatic heterocycles. The van der Waals surface area contributed by atoms with Crippen LogP contribution in [0.15, 0.2) is 24.3 Å². The topological polar surface area (TPSA) is 44.8 Å². The molecule has 0 radical (unpaired) electrons. The number of rotatable bonds is 5. The Balaban J connectivity index is 2.66. The summed E-state index contributed by atoms with van der Waals surface area (Å²) in [5.41, 5.74) is 0.305. The molecule has 0 N–H and O–H groups in total. The minimum Gasteiger partial charge on any atom is -0.496 e. The molecule has 5 heteroatoms. The van der Waals surface area contributed by atoms with E-state index in [0.29, 0.717) is 11.3 Å². The minimum absolute atomic E-state index is 0.0591. The van der Waals surface area contributed by atoms with Gasteiger partial charge in [0.2, 0.25) is 0 Å². The number of ether oxygens (including phenoxy) is 1. The third kappa shape index (κ3) is 3.85. The van der Waals surface area contributed by atoms with E-state index in [1.54, 1.807) is 24.3 Å². The van der Waals surface area contributed by atoms with Crippen molar-refractivity contribution in [1.82, 2.24) is 0 Å². The Morgan fingerprint density at radius 2 is 1.83 bits per heavy atom. The van der Waals surface area contributed by atoms with Crippen LogP contribution in [0.2, 0.25) is 19.6 Å². The van der Waals surface area contributed by atoms with Crippen molar-refractivity contribution >= 4 is 14.0 Å². The van der Waals surface area contributed by atoms with Gasteiger partial charge in [0.15, 0.2) is 0 Å². The van der Waals surface area contributed by atoms with E-state index in [9.17, 15) is 4.79 Å². The molecule has 100 valence electrons. The van der Waals surface area contributed by atoms with E-state index >= 15 is 0 Å². The van der Waals surface area contributed by atoms with Crippen molar-refractivity contribution < 1.29 is 19.3 Å². The molecule has 1 unspecified atom stereocenters. The fourth-order valence-electron chi connectivity index (χ4n) is 1.12. The van der Waals surface area contributed by atoms with Gasteiger partial charge in [-0.1, -0.05) is 31.8 Å². The van der Waals surface area contributed by atoms with Gasteiger partial charge in [0.25, 0.3) is 0 Å². The summed E-state index contributed by atoms with van der Waals surface area (Å²) in [5, 5.41) is 0. The second-order valence-corrected chi connectivity index (χ2v) is 10.7. The smallest absolute Gasteiger partial charge is 0.376 e. The van der Waals surface area contributed by atoms with E-state index < -0.39 is 14.0 Å². The van der Waals surface area contributed by atoms with E-state index in [-0.39, 0.29) is 5.73 Å². The Bertz CT molecular complexity index is 412. The van der Waals surface area contributed by atoms with Crippen LogP contribution in [0.25, 0.3) is 0 Å². The van der Waals surface area contributed by atoms with Crippen molar-refractivity contribution in [3.05, 3.63) is 29.8 Å². The molecule has 0 bridgehead atoms. The van der Waals surface area contributed by atoms with Crippen molar-refractivity contribution in [2.45, 2.75) is 32.3 Å². The molecule has 0 aliphatic rings. The molecule has 0 amide bonds. The summed E-state index contributed by atoms with van der Waals surface area (Å²) in [4.78, 5) is 21.9. The Labute approximate surface area is 109 Å². The van der Waals surface area contributed by atoms with Gasteiger partial charge in [-0.05, 0) is 19.1 Å². The normalized spacial score (nSPS) is 12.9. The van der Waals surface area contributed by atoms with Gasteiger partial charge in [0, 0.05) is 0 Å². The zero-order chi connectivity index (χ0) is 13.8. The summed E-state index contributed by atoms with van der Waals surface area (Å²) in [7, 11) is 0.0306. The van der Waals surface area contributed by atoms with Gasteiger partial charge in [-0.2, -0.15) is 4.89 Å². The van der Waals surface area contributed by atoms with E-state index in [1.807, 2.05) is 6.92 Å². The molecule has 0 aromatic heterocycles. The fraction of sp³-hybridized carbons (Fsp3) is 0.462. The van der Waals surface area contributed by atoms with Crippen LogP contribution in [0.3, 0.4) is 0 Å². The zero-order valence-electron chi connectivity index (χ0n) is 11.5. The molecule has 1 aromatic carbocycles. The minimum atomic E-state index is -1.48. The maximum atomic E-state index is 11.8. The zero-order valence-corrected chi connectivity index (χ0v) is 12.5. The first kappa shape index (κ1) is 14.7. The van der Waals surface area contributed by atoms with Crippen LogP contribution in [0.4, 0.5) is 0 Å². The molecular formula is C13H20O4Si. The maximum absolute atomic E-state index is 11.8. The fourth-order valence-corrected chi connectivity index (χ4v) is 1.46. The largest absolute Gasteiger partial charge is 0.496 e. The Morgan fingerprint density at radius 3 is 2.39 bits per heavy atom. The monoisotopic (exact) mass is 268 g/mol. The second-order valence-electron chi connectivity index (χ2n) is 5.18. The second kappa shape index (κ2) is 6.02. The van der Waals surface area contributed by atoms with Crippen molar-refractivity contribution in [3.63, 3.8) is 0 Å². The highest BCUT2D eigenvalue weighted by atomic mass is 28.3. The summed E-state index contributed by atoms with van der Waals surface area (Å²) < 4.78 is 5.09. The number of para-hydroxylation sites is 1. The number of carbonyl (C=O) groups is 1. The highest BCUT2D eigenvalue weighted by Gasteiger charge is 2.26. The van der Waals surface area contributed by atoms with Crippen LogP contribution < -0.4 is 4.74 Å². The third-order valence-corrected chi connectivity index (χ3v) is 5.35. The van der Waals surface area contributed by atoms with E-state index in [0.717, 1.165) is 0 Å². The SMILES string of the molecule is COc1ccccc1C(=O)OOC(C)[Si](C)(C)C.